The summed E-state index contributed by atoms with van der Waals surface area (Å²) < 4.78 is 5.52. The first-order chi connectivity index (χ1) is 10.2. The molecule has 0 aliphatic carbocycles. The lowest BCUT2D eigenvalue weighted by Crippen LogP contribution is -2.30. The summed E-state index contributed by atoms with van der Waals surface area (Å²) in [6.45, 7) is 3.18. The van der Waals surface area contributed by atoms with E-state index in [9.17, 15) is 4.79 Å². The summed E-state index contributed by atoms with van der Waals surface area (Å²) in [6, 6.07) is 7.21. The first kappa shape index (κ1) is 16.1. The molecule has 1 saturated heterocycles. The summed E-state index contributed by atoms with van der Waals surface area (Å²) in [6.07, 6.45) is 3.98. The number of nitrogens with one attached hydrogen (secondary N) is 2. The Morgan fingerprint density at radius 2 is 2.00 bits per heavy atom. The number of hydrogen-bond donors (Lipinski definition) is 2. The molecular weight excluding hydrogens is 288 g/mol. The highest BCUT2D eigenvalue weighted by Gasteiger charge is 2.14. The van der Waals surface area contributed by atoms with Gasteiger partial charge in [-0.2, -0.15) is 0 Å². The van der Waals surface area contributed by atoms with E-state index in [1.54, 1.807) is 12.1 Å². The molecule has 4 nitrogen and oxygen atoms in total. The highest BCUT2D eigenvalue weighted by molar-refractivity contribution is 6.30. The Kier molecular flexibility index (Phi) is 6.83. The van der Waals surface area contributed by atoms with E-state index < -0.39 is 0 Å². The minimum absolute atomic E-state index is 0.119. The number of carbonyl (C=O) groups excluding carboxylic acids is 1. The van der Waals surface area contributed by atoms with Crippen LogP contribution < -0.4 is 15.4 Å². The molecule has 0 bridgehead atoms. The van der Waals surface area contributed by atoms with Crippen molar-refractivity contribution in [3.05, 3.63) is 29.3 Å². The zero-order chi connectivity index (χ0) is 14.9. The largest absolute Gasteiger partial charge is 0.492 e. The summed E-state index contributed by atoms with van der Waals surface area (Å²) in [5.41, 5.74) is 0. The molecule has 0 aromatic heterocycles. The number of halogens is 1. The summed E-state index contributed by atoms with van der Waals surface area (Å²) >= 11 is 5.80. The second-order valence-corrected chi connectivity index (χ2v) is 5.82. The maximum Gasteiger partial charge on any atom is 0.220 e. The Labute approximate surface area is 131 Å². The van der Waals surface area contributed by atoms with Gasteiger partial charge in [0.25, 0.3) is 0 Å². The molecule has 1 fully saturated rings. The van der Waals surface area contributed by atoms with Crippen LogP contribution in [0, 0.1) is 5.92 Å². The van der Waals surface area contributed by atoms with Gasteiger partial charge in [-0.15, -0.1) is 0 Å². The van der Waals surface area contributed by atoms with E-state index in [0.29, 0.717) is 30.5 Å². The van der Waals surface area contributed by atoms with Crippen LogP contribution >= 0.6 is 11.6 Å². The molecule has 5 heteroatoms. The third kappa shape index (κ3) is 6.36. The van der Waals surface area contributed by atoms with Gasteiger partial charge in [-0.3, -0.25) is 4.79 Å². The third-order valence-electron chi connectivity index (χ3n) is 3.74. The third-order valence-corrected chi connectivity index (χ3v) is 4.00. The molecule has 1 aliphatic rings. The molecule has 0 saturated carbocycles. The van der Waals surface area contributed by atoms with E-state index in [1.807, 2.05) is 12.1 Å². The Bertz CT molecular complexity index is 430. The lowest BCUT2D eigenvalue weighted by Gasteiger charge is -2.22. The van der Waals surface area contributed by atoms with Crippen molar-refractivity contribution in [3.63, 3.8) is 0 Å². The van der Waals surface area contributed by atoms with Crippen molar-refractivity contribution in [3.8, 4) is 5.75 Å². The second-order valence-electron chi connectivity index (χ2n) is 5.38. The van der Waals surface area contributed by atoms with Crippen LogP contribution in [0.25, 0.3) is 0 Å². The zero-order valence-electron chi connectivity index (χ0n) is 12.2. The van der Waals surface area contributed by atoms with E-state index in [2.05, 4.69) is 10.6 Å². The van der Waals surface area contributed by atoms with Crippen LogP contribution in [0.5, 0.6) is 5.75 Å². The van der Waals surface area contributed by atoms with Crippen LogP contribution in [0.15, 0.2) is 24.3 Å². The lowest BCUT2D eigenvalue weighted by atomic mass is 9.93. The fourth-order valence-corrected chi connectivity index (χ4v) is 2.61. The minimum Gasteiger partial charge on any atom is -0.492 e. The van der Waals surface area contributed by atoms with Gasteiger partial charge < -0.3 is 15.4 Å². The van der Waals surface area contributed by atoms with Crippen molar-refractivity contribution in [2.75, 3.05) is 26.2 Å². The van der Waals surface area contributed by atoms with Gasteiger partial charge in [-0.1, -0.05) is 11.6 Å². The smallest absolute Gasteiger partial charge is 0.220 e. The van der Waals surface area contributed by atoms with Gasteiger partial charge in [0, 0.05) is 11.4 Å². The van der Waals surface area contributed by atoms with E-state index in [-0.39, 0.29) is 5.91 Å². The quantitative estimate of drug-likeness (QED) is 0.761. The molecule has 0 atom stereocenters. The van der Waals surface area contributed by atoms with Crippen LogP contribution in [0.3, 0.4) is 0 Å². The average molecular weight is 311 g/mol. The molecule has 1 aromatic carbocycles. The molecule has 21 heavy (non-hydrogen) atoms. The maximum absolute atomic E-state index is 11.7. The van der Waals surface area contributed by atoms with Gasteiger partial charge in [0.15, 0.2) is 0 Å². The van der Waals surface area contributed by atoms with Crippen molar-refractivity contribution in [1.82, 2.24) is 10.6 Å². The van der Waals surface area contributed by atoms with E-state index in [4.69, 9.17) is 16.3 Å². The summed E-state index contributed by atoms with van der Waals surface area (Å²) in [5.74, 6) is 1.58. The molecule has 1 aromatic rings. The topological polar surface area (TPSA) is 50.4 Å². The molecule has 0 spiro atoms. The lowest BCUT2D eigenvalue weighted by molar-refractivity contribution is -0.121. The van der Waals surface area contributed by atoms with Crippen molar-refractivity contribution in [2.24, 2.45) is 5.92 Å². The number of benzene rings is 1. The molecular formula is C16H23ClN2O2. The highest BCUT2D eigenvalue weighted by atomic mass is 35.5. The van der Waals surface area contributed by atoms with Gasteiger partial charge in [0.1, 0.15) is 12.4 Å². The Hall–Kier alpha value is -1.26. The highest BCUT2D eigenvalue weighted by Crippen LogP contribution is 2.17. The Morgan fingerprint density at radius 1 is 1.29 bits per heavy atom. The van der Waals surface area contributed by atoms with Crippen molar-refractivity contribution < 1.29 is 9.53 Å². The molecule has 0 unspecified atom stereocenters. The first-order valence-electron chi connectivity index (χ1n) is 7.60. The average Bonchev–Trinajstić information content (AvgIpc) is 2.52. The van der Waals surface area contributed by atoms with Crippen molar-refractivity contribution in [1.29, 1.82) is 0 Å². The first-order valence-corrected chi connectivity index (χ1v) is 7.97. The van der Waals surface area contributed by atoms with Crippen LogP contribution in [-0.4, -0.2) is 32.1 Å². The molecule has 116 valence electrons. The number of carbonyl (C=O) groups is 1. The second kappa shape index (κ2) is 8.90. The van der Waals surface area contributed by atoms with Gasteiger partial charge in [0.05, 0.1) is 6.54 Å². The van der Waals surface area contributed by atoms with E-state index in [1.165, 1.54) is 12.8 Å². The van der Waals surface area contributed by atoms with Gasteiger partial charge >= 0.3 is 0 Å². The Morgan fingerprint density at radius 3 is 2.71 bits per heavy atom. The fourth-order valence-electron chi connectivity index (χ4n) is 2.48. The minimum atomic E-state index is 0.119. The predicted octanol–water partition coefficient (Wildman–Crippen LogP) is 2.61. The molecule has 1 amide bonds. The molecule has 1 heterocycles. The summed E-state index contributed by atoms with van der Waals surface area (Å²) in [5, 5.41) is 6.92. The standard InChI is InChI=1S/C16H23ClN2O2/c17-14-2-4-15(5-3-14)21-12-11-19-16(20)6-1-13-7-9-18-10-8-13/h2-5,13,18H,1,6-12H2,(H,19,20). The van der Waals surface area contributed by atoms with Crippen molar-refractivity contribution >= 4 is 17.5 Å². The number of amides is 1. The SMILES string of the molecule is O=C(CCC1CCNCC1)NCCOc1ccc(Cl)cc1. The number of rotatable bonds is 7. The maximum atomic E-state index is 11.7. The zero-order valence-corrected chi connectivity index (χ0v) is 13.0. The van der Waals surface area contributed by atoms with Gasteiger partial charge in [0.2, 0.25) is 5.91 Å². The monoisotopic (exact) mass is 310 g/mol. The molecule has 2 N–H and O–H groups in total. The van der Waals surface area contributed by atoms with Crippen molar-refractivity contribution in [2.45, 2.75) is 25.7 Å². The van der Waals surface area contributed by atoms with Gasteiger partial charge in [-0.25, -0.2) is 0 Å². The normalized spacial score (nSPS) is 15.7. The van der Waals surface area contributed by atoms with Crippen LogP contribution in [0.4, 0.5) is 0 Å². The van der Waals surface area contributed by atoms with Crippen LogP contribution in [-0.2, 0) is 4.79 Å². The number of hydrogen-bond acceptors (Lipinski definition) is 3. The Balaban J connectivity index is 1.53. The number of piperidine rings is 1. The molecule has 0 radical (unpaired) electrons. The summed E-state index contributed by atoms with van der Waals surface area (Å²) in [4.78, 5) is 11.7. The fraction of sp³-hybridized carbons (Fsp3) is 0.562. The van der Waals surface area contributed by atoms with E-state index >= 15 is 0 Å². The van der Waals surface area contributed by atoms with Crippen LogP contribution in [0.2, 0.25) is 5.02 Å². The molecule has 1 aliphatic heterocycles. The predicted molar refractivity (Wildman–Crippen MR) is 84.8 cm³/mol. The van der Waals surface area contributed by atoms with E-state index in [0.717, 1.165) is 25.3 Å². The number of ether oxygens (including phenoxy) is 1. The molecule has 2 rings (SSSR count). The van der Waals surface area contributed by atoms with Crippen LogP contribution in [0.1, 0.15) is 25.7 Å². The van der Waals surface area contributed by atoms with Gasteiger partial charge in [-0.05, 0) is 62.5 Å². The summed E-state index contributed by atoms with van der Waals surface area (Å²) in [7, 11) is 0.